The maximum Gasteiger partial charge on any atom is 1.00 e. The normalized spacial score (nSPS) is 13.0. The van der Waals surface area contributed by atoms with Gasteiger partial charge in [-0.1, -0.05) is 52.3 Å². The fourth-order valence-corrected chi connectivity index (χ4v) is 5.63. The third kappa shape index (κ3) is 8.67. The quantitative estimate of drug-likeness (QED) is 0.120. The van der Waals surface area contributed by atoms with Crippen LogP contribution in [-0.4, -0.2) is 23.3 Å². The monoisotopic (exact) mass is 676 g/mol. The molecule has 40 heavy (non-hydrogen) atoms. The second-order valence-electron chi connectivity index (χ2n) is 9.16. The van der Waals surface area contributed by atoms with Crippen molar-refractivity contribution in [1.29, 1.82) is 5.41 Å². The van der Waals surface area contributed by atoms with Crippen LogP contribution >= 0.6 is 34.9 Å². The number of alkyl halides is 2. The molecule has 16 heteroatoms. The van der Waals surface area contributed by atoms with E-state index in [1.165, 1.54) is 45.0 Å². The SMILES string of the molecule is CC(C)(C)C(=O)OCOP(=O)([O-])C(F)(F)c1ccc(Cn2c(-c3ccc(C(=O)[O-])cc3)csc2=N)cc1Br.[Na+].[Na+]. The Kier molecular flexibility index (Phi) is 13.7. The van der Waals surface area contributed by atoms with Crippen molar-refractivity contribution in [2.75, 3.05) is 6.79 Å². The molecule has 9 nitrogen and oxygen atoms in total. The van der Waals surface area contributed by atoms with Crippen molar-refractivity contribution in [3.8, 4) is 11.3 Å². The average Bonchev–Trinajstić information content (AvgIpc) is 3.18. The summed E-state index contributed by atoms with van der Waals surface area (Å²) in [7, 11) is -5.86. The second kappa shape index (κ2) is 14.7. The summed E-state index contributed by atoms with van der Waals surface area (Å²) in [5.41, 5.74) is -4.60. The van der Waals surface area contributed by atoms with Crippen LogP contribution in [0.2, 0.25) is 0 Å². The first kappa shape index (κ1) is 37.3. The van der Waals surface area contributed by atoms with Crippen LogP contribution < -0.4 is 73.9 Å². The maximum absolute atomic E-state index is 15.0. The molecule has 2 aromatic carbocycles. The topological polar surface area (TPSA) is 145 Å². The molecule has 3 aromatic rings. The molecule has 1 aromatic heterocycles. The standard InChI is InChI=1S/C24H24BrF2N2O7PS.2Na/c1-23(2,3)21(32)35-13-36-37(33,34)24(26,27)17-9-4-14(10-18(17)25)11-29-19(12-38-22(29)28)15-5-7-16(8-6-15)20(30)31;;/h4-10,12,28H,11,13H2,1-3H3,(H,30,31)(H,33,34);;/q;2*+1/p-2. The molecule has 0 amide bonds. The van der Waals surface area contributed by atoms with Gasteiger partial charge in [0.05, 0.1) is 23.6 Å². The van der Waals surface area contributed by atoms with Gasteiger partial charge in [-0.05, 0) is 43.5 Å². The number of halogens is 3. The number of ether oxygens (including phenoxy) is 1. The van der Waals surface area contributed by atoms with E-state index in [4.69, 9.17) is 5.41 Å². The Morgan fingerprint density at radius 1 is 1.12 bits per heavy atom. The molecular formula is C24H22BrF2N2Na2O7PS. The Balaban J connectivity index is 0.00000400. The molecule has 0 aliphatic carbocycles. The van der Waals surface area contributed by atoms with Crippen molar-refractivity contribution < 1.29 is 101 Å². The number of benzene rings is 2. The molecule has 1 N–H and O–H groups in total. The Labute approximate surface area is 285 Å². The van der Waals surface area contributed by atoms with Crippen LogP contribution in [0.15, 0.2) is 52.3 Å². The number of thiazole rings is 1. The molecule has 0 bridgehead atoms. The fourth-order valence-electron chi connectivity index (χ4n) is 3.18. The summed E-state index contributed by atoms with van der Waals surface area (Å²) < 4.78 is 52.5. The molecule has 3 rings (SSSR count). The summed E-state index contributed by atoms with van der Waals surface area (Å²) in [5, 5.41) is 20.9. The summed E-state index contributed by atoms with van der Waals surface area (Å²) in [6.07, 6.45) is 0. The second-order valence-corrected chi connectivity index (χ2v) is 12.7. The average molecular weight is 677 g/mol. The summed E-state index contributed by atoms with van der Waals surface area (Å²) in [4.78, 5) is 35.2. The molecule has 0 saturated heterocycles. The molecule has 204 valence electrons. The predicted octanol–water partition coefficient (Wildman–Crippen LogP) is -1.96. The van der Waals surface area contributed by atoms with Crippen LogP contribution in [0.3, 0.4) is 0 Å². The third-order valence-electron chi connectivity index (χ3n) is 5.30. The van der Waals surface area contributed by atoms with Gasteiger partial charge < -0.3 is 28.7 Å². The van der Waals surface area contributed by atoms with Crippen LogP contribution in [0, 0.1) is 10.8 Å². The number of carboxylic acids is 1. The first-order valence-corrected chi connectivity index (χ1v) is 14.1. The number of carbonyl (C=O) groups is 2. The molecule has 0 radical (unpaired) electrons. The minimum Gasteiger partial charge on any atom is -0.774 e. The van der Waals surface area contributed by atoms with Crippen molar-refractivity contribution >= 4 is 46.8 Å². The van der Waals surface area contributed by atoms with E-state index < -0.39 is 43.0 Å². The molecule has 1 heterocycles. The Morgan fingerprint density at radius 3 is 2.25 bits per heavy atom. The van der Waals surface area contributed by atoms with E-state index in [1.807, 2.05) is 0 Å². The van der Waals surface area contributed by atoms with Gasteiger partial charge in [0, 0.05) is 15.4 Å². The smallest absolute Gasteiger partial charge is 0.774 e. The van der Waals surface area contributed by atoms with Gasteiger partial charge in [0.1, 0.15) is 0 Å². The summed E-state index contributed by atoms with van der Waals surface area (Å²) in [5.74, 6) is -2.14. The van der Waals surface area contributed by atoms with E-state index in [0.29, 0.717) is 16.8 Å². The number of rotatable bonds is 9. The molecule has 0 aliphatic rings. The molecule has 0 fully saturated rings. The predicted molar refractivity (Wildman–Crippen MR) is 134 cm³/mol. The maximum atomic E-state index is 15.0. The van der Waals surface area contributed by atoms with E-state index in [2.05, 4.69) is 25.2 Å². The first-order chi connectivity index (χ1) is 17.5. The van der Waals surface area contributed by atoms with Gasteiger partial charge >= 0.3 is 70.7 Å². The number of aromatic carboxylic acids is 1. The fraction of sp³-hybridized carbons (Fsp3) is 0.292. The molecule has 0 saturated carbocycles. The van der Waals surface area contributed by atoms with Gasteiger partial charge in [0.2, 0.25) is 7.60 Å². The number of aromatic nitrogens is 1. The van der Waals surface area contributed by atoms with Crippen LogP contribution in [0.1, 0.15) is 42.3 Å². The van der Waals surface area contributed by atoms with Gasteiger partial charge in [0.25, 0.3) is 0 Å². The summed E-state index contributed by atoms with van der Waals surface area (Å²) in [6, 6.07) is 9.39. The minimum atomic E-state index is -5.86. The van der Waals surface area contributed by atoms with Gasteiger partial charge in [-0.2, -0.15) is 8.78 Å². The van der Waals surface area contributed by atoms with Crippen LogP contribution in [0.25, 0.3) is 11.3 Å². The Hall–Kier alpha value is -0.700. The van der Waals surface area contributed by atoms with Crippen molar-refractivity contribution in [3.63, 3.8) is 0 Å². The van der Waals surface area contributed by atoms with E-state index >= 15 is 0 Å². The number of nitrogens with zero attached hydrogens (tertiary/aromatic N) is 1. The Bertz CT molecular complexity index is 1480. The van der Waals surface area contributed by atoms with Crippen LogP contribution in [-0.2, 0) is 30.8 Å². The number of hydrogen-bond acceptors (Lipinski definition) is 9. The summed E-state index contributed by atoms with van der Waals surface area (Å²) in [6.45, 7) is 3.42. The molecule has 0 aliphatic heterocycles. The number of esters is 1. The zero-order valence-electron chi connectivity index (χ0n) is 22.3. The van der Waals surface area contributed by atoms with Crippen molar-refractivity contribution in [1.82, 2.24) is 4.57 Å². The largest absolute Gasteiger partial charge is 1.00 e. The minimum absolute atomic E-state index is 0. The van der Waals surface area contributed by atoms with Crippen molar-refractivity contribution in [2.45, 2.75) is 33.0 Å². The summed E-state index contributed by atoms with van der Waals surface area (Å²) >= 11 is 4.12. The van der Waals surface area contributed by atoms with Gasteiger partial charge in [0.15, 0.2) is 11.6 Å². The number of hydrogen-bond donors (Lipinski definition) is 1. The van der Waals surface area contributed by atoms with E-state index in [0.717, 1.165) is 17.4 Å². The zero-order valence-corrected chi connectivity index (χ0v) is 29.6. The molecule has 0 spiro atoms. The van der Waals surface area contributed by atoms with Gasteiger partial charge in [-0.15, -0.1) is 11.3 Å². The first-order valence-electron chi connectivity index (χ1n) is 10.9. The van der Waals surface area contributed by atoms with Crippen molar-refractivity contribution in [3.05, 3.63) is 73.8 Å². The Morgan fingerprint density at radius 2 is 1.73 bits per heavy atom. The van der Waals surface area contributed by atoms with Crippen LogP contribution in [0.4, 0.5) is 8.78 Å². The van der Waals surface area contributed by atoms with E-state index in [1.54, 1.807) is 22.1 Å². The zero-order chi connectivity index (χ0) is 28.5. The molecule has 1 atom stereocenters. The van der Waals surface area contributed by atoms with Crippen molar-refractivity contribution in [2.24, 2.45) is 5.41 Å². The number of carbonyl (C=O) groups excluding carboxylic acids is 2. The van der Waals surface area contributed by atoms with Gasteiger partial charge in [-0.3, -0.25) is 14.7 Å². The van der Waals surface area contributed by atoms with E-state index in [9.17, 15) is 32.9 Å². The molecule has 1 unspecified atom stereocenters. The third-order valence-corrected chi connectivity index (χ3v) is 8.12. The molecular weight excluding hydrogens is 655 g/mol. The van der Waals surface area contributed by atoms with Gasteiger partial charge in [-0.25, -0.2) is 0 Å². The van der Waals surface area contributed by atoms with Crippen LogP contribution in [0.5, 0.6) is 0 Å². The number of carboxylic acid groups (broad SMARTS) is 1. The van der Waals surface area contributed by atoms with E-state index in [-0.39, 0.29) is 80.5 Å². The number of nitrogens with one attached hydrogen (secondary N) is 1.